The van der Waals surface area contributed by atoms with Gasteiger partial charge in [0.25, 0.3) is 0 Å². The van der Waals surface area contributed by atoms with E-state index >= 15 is 0 Å². The number of carbonyl (C=O) groups is 1. The summed E-state index contributed by atoms with van der Waals surface area (Å²) in [7, 11) is 0. The third-order valence-corrected chi connectivity index (χ3v) is 3.63. The predicted molar refractivity (Wildman–Crippen MR) is 71.9 cm³/mol. The van der Waals surface area contributed by atoms with Crippen molar-refractivity contribution in [3.8, 4) is 5.75 Å². The Balaban J connectivity index is 1.95. The quantitative estimate of drug-likeness (QED) is 0.735. The van der Waals surface area contributed by atoms with E-state index in [1.165, 1.54) is 12.1 Å². The lowest BCUT2D eigenvalue weighted by atomic mass is 10.2. The highest BCUT2D eigenvalue weighted by Gasteiger charge is 2.39. The molecule has 0 saturated carbocycles. The number of halogens is 5. The standard InChI is InChI=1S/C13H12BrF4NO3/c14-8-3-4-11(10(15)6-8)21-7-9-2-1-5-19(9)12(20)22-13(16,17)18/h3-4,6,9H,1-2,5,7H2. The average Bonchev–Trinajstić information content (AvgIpc) is 2.84. The molecule has 0 radical (unpaired) electrons. The van der Waals surface area contributed by atoms with Crippen LogP contribution in [0.25, 0.3) is 0 Å². The molecule has 1 heterocycles. The Kier molecular flexibility index (Phi) is 5.15. The van der Waals surface area contributed by atoms with E-state index in [0.717, 1.165) is 4.90 Å². The number of nitrogens with zero attached hydrogens (tertiary/aromatic N) is 1. The fourth-order valence-electron chi connectivity index (χ4n) is 2.19. The highest BCUT2D eigenvalue weighted by Crippen LogP contribution is 2.26. The van der Waals surface area contributed by atoms with Gasteiger partial charge in [0.15, 0.2) is 11.6 Å². The van der Waals surface area contributed by atoms with Crippen molar-refractivity contribution < 1.29 is 31.8 Å². The number of hydrogen-bond acceptors (Lipinski definition) is 3. The molecule has 0 aromatic heterocycles. The molecule has 1 aliphatic heterocycles. The van der Waals surface area contributed by atoms with E-state index in [1.54, 1.807) is 6.07 Å². The van der Waals surface area contributed by atoms with Gasteiger partial charge in [-0.1, -0.05) is 15.9 Å². The Morgan fingerprint density at radius 3 is 2.77 bits per heavy atom. The van der Waals surface area contributed by atoms with Crippen LogP contribution in [0.15, 0.2) is 22.7 Å². The van der Waals surface area contributed by atoms with Gasteiger partial charge in [0.2, 0.25) is 0 Å². The van der Waals surface area contributed by atoms with E-state index in [2.05, 4.69) is 20.7 Å². The molecule has 0 N–H and O–H groups in total. The van der Waals surface area contributed by atoms with Gasteiger partial charge >= 0.3 is 12.5 Å². The van der Waals surface area contributed by atoms with Gasteiger partial charge in [-0.3, -0.25) is 0 Å². The van der Waals surface area contributed by atoms with Gasteiger partial charge in [0, 0.05) is 11.0 Å². The van der Waals surface area contributed by atoms with Crippen molar-refractivity contribution >= 4 is 22.0 Å². The Morgan fingerprint density at radius 1 is 1.41 bits per heavy atom. The first-order valence-corrected chi connectivity index (χ1v) is 7.20. The molecular weight excluding hydrogens is 374 g/mol. The first-order chi connectivity index (χ1) is 10.3. The summed E-state index contributed by atoms with van der Waals surface area (Å²) in [5.41, 5.74) is 0. The number of ether oxygens (including phenoxy) is 2. The minimum atomic E-state index is -5.02. The first-order valence-electron chi connectivity index (χ1n) is 6.40. The normalized spacial score (nSPS) is 18.4. The molecule has 1 aromatic rings. The van der Waals surface area contributed by atoms with Gasteiger partial charge in [-0.25, -0.2) is 9.18 Å². The Bertz CT molecular complexity index is 553. The lowest BCUT2D eigenvalue weighted by molar-refractivity contribution is -0.295. The van der Waals surface area contributed by atoms with Crippen LogP contribution in [0.2, 0.25) is 0 Å². The zero-order valence-corrected chi connectivity index (χ0v) is 12.8. The zero-order valence-electron chi connectivity index (χ0n) is 11.2. The van der Waals surface area contributed by atoms with Crippen LogP contribution in [0.5, 0.6) is 5.75 Å². The summed E-state index contributed by atoms with van der Waals surface area (Å²) in [6.45, 7) is 0.0390. The maximum Gasteiger partial charge on any atom is 0.576 e. The number of likely N-dealkylation sites (tertiary alicyclic amines) is 1. The van der Waals surface area contributed by atoms with E-state index in [1.807, 2.05) is 0 Å². The summed E-state index contributed by atoms with van der Waals surface area (Å²) >= 11 is 3.10. The van der Waals surface area contributed by atoms with Gasteiger partial charge in [0.1, 0.15) is 6.61 Å². The summed E-state index contributed by atoms with van der Waals surface area (Å²) in [6.07, 6.45) is -5.49. The fourth-order valence-corrected chi connectivity index (χ4v) is 2.52. The molecule has 4 nitrogen and oxygen atoms in total. The van der Waals surface area contributed by atoms with Crippen LogP contribution in [-0.4, -0.2) is 36.5 Å². The number of benzene rings is 1. The van der Waals surface area contributed by atoms with Crippen LogP contribution in [0.4, 0.5) is 22.4 Å². The van der Waals surface area contributed by atoms with Crippen LogP contribution >= 0.6 is 15.9 Å². The molecule has 0 spiro atoms. The minimum Gasteiger partial charge on any atom is -0.488 e. The summed E-state index contributed by atoms with van der Waals surface area (Å²) in [4.78, 5) is 12.4. The molecule has 1 unspecified atom stereocenters. The van der Waals surface area contributed by atoms with Crippen molar-refractivity contribution in [2.75, 3.05) is 13.2 Å². The lowest BCUT2D eigenvalue weighted by Crippen LogP contribution is -2.41. The smallest absolute Gasteiger partial charge is 0.488 e. The lowest BCUT2D eigenvalue weighted by Gasteiger charge is -2.24. The number of hydrogen-bond donors (Lipinski definition) is 0. The third-order valence-electron chi connectivity index (χ3n) is 3.14. The second-order valence-electron chi connectivity index (χ2n) is 4.69. The number of alkyl halides is 3. The highest BCUT2D eigenvalue weighted by molar-refractivity contribution is 9.10. The largest absolute Gasteiger partial charge is 0.576 e. The summed E-state index contributed by atoms with van der Waals surface area (Å²) in [5.74, 6) is -0.629. The number of rotatable bonds is 3. The topological polar surface area (TPSA) is 38.8 Å². The molecule has 1 atom stereocenters. The fraction of sp³-hybridized carbons (Fsp3) is 0.462. The SMILES string of the molecule is O=C(OC(F)(F)F)N1CCCC1COc1ccc(Br)cc1F. The molecule has 2 rings (SSSR count). The second-order valence-corrected chi connectivity index (χ2v) is 5.60. The molecule has 1 saturated heterocycles. The van der Waals surface area contributed by atoms with E-state index < -0.39 is 24.3 Å². The van der Waals surface area contributed by atoms with Crippen LogP contribution in [0.1, 0.15) is 12.8 Å². The second kappa shape index (κ2) is 6.72. The van der Waals surface area contributed by atoms with Crippen LogP contribution in [-0.2, 0) is 4.74 Å². The monoisotopic (exact) mass is 385 g/mol. The van der Waals surface area contributed by atoms with Crippen molar-refractivity contribution in [1.82, 2.24) is 4.90 Å². The van der Waals surface area contributed by atoms with Crippen molar-refractivity contribution in [2.45, 2.75) is 25.2 Å². The third kappa shape index (κ3) is 4.49. The summed E-state index contributed by atoms with van der Waals surface area (Å²) < 4.78 is 59.0. The Hall–Kier alpha value is -1.51. The molecule has 122 valence electrons. The van der Waals surface area contributed by atoms with Gasteiger partial charge in [0.05, 0.1) is 6.04 Å². The van der Waals surface area contributed by atoms with Gasteiger partial charge < -0.3 is 14.4 Å². The van der Waals surface area contributed by atoms with E-state index in [9.17, 15) is 22.4 Å². The molecular formula is C13H12BrF4NO3. The number of carbonyl (C=O) groups excluding carboxylic acids is 1. The highest BCUT2D eigenvalue weighted by atomic mass is 79.9. The summed E-state index contributed by atoms with van der Waals surface area (Å²) in [5, 5.41) is 0. The Labute approximate surface area is 132 Å². The van der Waals surface area contributed by atoms with Crippen molar-refractivity contribution in [3.05, 3.63) is 28.5 Å². The molecule has 0 bridgehead atoms. The molecule has 1 aliphatic rings. The van der Waals surface area contributed by atoms with Gasteiger partial charge in [-0.15, -0.1) is 13.2 Å². The number of amides is 1. The van der Waals surface area contributed by atoms with Crippen LogP contribution in [0, 0.1) is 5.82 Å². The van der Waals surface area contributed by atoms with E-state index in [-0.39, 0.29) is 18.9 Å². The van der Waals surface area contributed by atoms with E-state index in [0.29, 0.717) is 17.3 Å². The van der Waals surface area contributed by atoms with Crippen LogP contribution in [0.3, 0.4) is 0 Å². The predicted octanol–water partition coefficient (Wildman–Crippen LogP) is 4.09. The molecule has 9 heteroatoms. The van der Waals surface area contributed by atoms with Crippen molar-refractivity contribution in [1.29, 1.82) is 0 Å². The molecule has 1 fully saturated rings. The van der Waals surface area contributed by atoms with Crippen molar-refractivity contribution in [3.63, 3.8) is 0 Å². The first kappa shape index (κ1) is 16.9. The van der Waals surface area contributed by atoms with E-state index in [4.69, 9.17) is 4.74 Å². The van der Waals surface area contributed by atoms with Crippen LogP contribution < -0.4 is 4.74 Å². The molecule has 22 heavy (non-hydrogen) atoms. The maximum absolute atomic E-state index is 13.6. The van der Waals surface area contributed by atoms with Gasteiger partial charge in [-0.05, 0) is 31.0 Å². The average molecular weight is 386 g/mol. The summed E-state index contributed by atoms with van der Waals surface area (Å²) in [6, 6.07) is 3.59. The Morgan fingerprint density at radius 2 is 2.14 bits per heavy atom. The molecule has 1 amide bonds. The van der Waals surface area contributed by atoms with Gasteiger partial charge in [-0.2, -0.15) is 0 Å². The maximum atomic E-state index is 13.6. The van der Waals surface area contributed by atoms with Crippen molar-refractivity contribution in [2.24, 2.45) is 0 Å². The molecule has 1 aromatic carbocycles. The molecule has 0 aliphatic carbocycles. The minimum absolute atomic E-state index is 0.0285. The zero-order chi connectivity index (χ0) is 16.3.